The van der Waals surface area contributed by atoms with Gasteiger partial charge in [0.2, 0.25) is 0 Å². The molecule has 2 amide bonds. The van der Waals surface area contributed by atoms with E-state index in [1.807, 2.05) is 6.92 Å². The van der Waals surface area contributed by atoms with E-state index >= 15 is 0 Å². The summed E-state index contributed by atoms with van der Waals surface area (Å²) < 4.78 is 0. The summed E-state index contributed by atoms with van der Waals surface area (Å²) in [5.41, 5.74) is 0.918. The quantitative estimate of drug-likeness (QED) is 0.714. The summed E-state index contributed by atoms with van der Waals surface area (Å²) in [5, 5.41) is 20.8. The standard InChI is InChI=1S/C13H20N2O3/c1-2-7-15(8-9-16)13(18)14-10-11-3-5-12(17)6-4-11/h3-6,16-17H,2,7-10H2,1H3,(H,14,18). The van der Waals surface area contributed by atoms with E-state index in [1.165, 1.54) is 0 Å². The molecule has 0 aliphatic carbocycles. The zero-order valence-corrected chi connectivity index (χ0v) is 10.6. The number of benzene rings is 1. The van der Waals surface area contributed by atoms with Gasteiger partial charge in [0.05, 0.1) is 6.61 Å². The Morgan fingerprint density at radius 3 is 2.50 bits per heavy atom. The number of nitrogens with zero attached hydrogens (tertiary/aromatic N) is 1. The van der Waals surface area contributed by atoms with E-state index in [9.17, 15) is 4.79 Å². The number of rotatable bonds is 6. The van der Waals surface area contributed by atoms with E-state index in [0.29, 0.717) is 19.6 Å². The second kappa shape index (κ2) is 7.55. The molecule has 0 saturated carbocycles. The molecule has 5 nitrogen and oxygen atoms in total. The second-order valence-corrected chi connectivity index (χ2v) is 4.04. The molecule has 18 heavy (non-hydrogen) atoms. The Hall–Kier alpha value is -1.75. The van der Waals surface area contributed by atoms with Crippen LogP contribution in [-0.2, 0) is 6.54 Å². The smallest absolute Gasteiger partial charge is 0.317 e. The van der Waals surface area contributed by atoms with Crippen molar-refractivity contribution in [1.82, 2.24) is 10.2 Å². The first kappa shape index (κ1) is 14.3. The van der Waals surface area contributed by atoms with Crippen LogP contribution in [0.4, 0.5) is 4.79 Å². The first-order chi connectivity index (χ1) is 8.67. The monoisotopic (exact) mass is 252 g/mol. The molecule has 100 valence electrons. The summed E-state index contributed by atoms with van der Waals surface area (Å²) in [6.45, 7) is 3.33. The number of aliphatic hydroxyl groups is 1. The molecule has 0 bridgehead atoms. The van der Waals surface area contributed by atoms with E-state index < -0.39 is 0 Å². The molecule has 3 N–H and O–H groups in total. The molecule has 1 rings (SSSR count). The second-order valence-electron chi connectivity index (χ2n) is 4.04. The van der Waals surface area contributed by atoms with Crippen LogP contribution in [0.2, 0.25) is 0 Å². The molecule has 0 radical (unpaired) electrons. The van der Waals surface area contributed by atoms with Gasteiger partial charge in [-0.15, -0.1) is 0 Å². The van der Waals surface area contributed by atoms with Crippen molar-refractivity contribution in [1.29, 1.82) is 0 Å². The summed E-state index contributed by atoms with van der Waals surface area (Å²) in [5.74, 6) is 0.206. The highest BCUT2D eigenvalue weighted by Gasteiger charge is 2.10. The summed E-state index contributed by atoms with van der Waals surface area (Å²) in [4.78, 5) is 13.4. The van der Waals surface area contributed by atoms with Gasteiger partial charge in [0, 0.05) is 19.6 Å². The lowest BCUT2D eigenvalue weighted by Crippen LogP contribution is -2.41. The Morgan fingerprint density at radius 2 is 1.94 bits per heavy atom. The normalized spacial score (nSPS) is 10.1. The Morgan fingerprint density at radius 1 is 1.28 bits per heavy atom. The van der Waals surface area contributed by atoms with Crippen LogP contribution >= 0.6 is 0 Å². The Kier molecular flexibility index (Phi) is 6.00. The number of nitrogens with one attached hydrogen (secondary N) is 1. The predicted octanol–water partition coefficient (Wildman–Crippen LogP) is 1.31. The lowest BCUT2D eigenvalue weighted by Gasteiger charge is -2.21. The highest BCUT2D eigenvalue weighted by molar-refractivity contribution is 5.74. The average molecular weight is 252 g/mol. The molecule has 0 heterocycles. The van der Waals surface area contributed by atoms with Crippen molar-refractivity contribution in [2.45, 2.75) is 19.9 Å². The maximum absolute atomic E-state index is 11.8. The van der Waals surface area contributed by atoms with Crippen molar-refractivity contribution in [3.05, 3.63) is 29.8 Å². The van der Waals surface area contributed by atoms with Gasteiger partial charge >= 0.3 is 6.03 Å². The van der Waals surface area contributed by atoms with Crippen LogP contribution in [0.15, 0.2) is 24.3 Å². The molecule has 0 aromatic heterocycles. The Balaban J connectivity index is 2.45. The van der Waals surface area contributed by atoms with Crippen molar-refractivity contribution in [3.63, 3.8) is 0 Å². The Labute approximate surface area is 107 Å². The summed E-state index contributed by atoms with van der Waals surface area (Å²) in [7, 11) is 0. The van der Waals surface area contributed by atoms with Gasteiger partial charge in [-0.25, -0.2) is 4.79 Å². The molecule has 1 aromatic rings. The van der Waals surface area contributed by atoms with E-state index in [4.69, 9.17) is 10.2 Å². The van der Waals surface area contributed by atoms with Gasteiger partial charge < -0.3 is 20.4 Å². The molecule has 0 saturated heterocycles. The zero-order valence-electron chi connectivity index (χ0n) is 10.6. The number of phenols is 1. The summed E-state index contributed by atoms with van der Waals surface area (Å²) in [6, 6.07) is 6.49. The highest BCUT2D eigenvalue weighted by Crippen LogP contribution is 2.09. The van der Waals surface area contributed by atoms with Crippen molar-refractivity contribution in [3.8, 4) is 5.75 Å². The minimum Gasteiger partial charge on any atom is -0.508 e. The number of hydrogen-bond donors (Lipinski definition) is 3. The number of aromatic hydroxyl groups is 1. The number of amides is 2. The molecular formula is C13H20N2O3. The molecule has 5 heteroatoms. The van der Waals surface area contributed by atoms with Gasteiger partial charge in [0.1, 0.15) is 5.75 Å². The van der Waals surface area contributed by atoms with Crippen LogP contribution < -0.4 is 5.32 Å². The van der Waals surface area contributed by atoms with Crippen LogP contribution in [0.1, 0.15) is 18.9 Å². The van der Waals surface area contributed by atoms with Gasteiger partial charge in [-0.05, 0) is 24.1 Å². The van der Waals surface area contributed by atoms with Gasteiger partial charge in [0.15, 0.2) is 0 Å². The van der Waals surface area contributed by atoms with Crippen molar-refractivity contribution >= 4 is 6.03 Å². The maximum Gasteiger partial charge on any atom is 0.317 e. The number of hydrogen-bond acceptors (Lipinski definition) is 3. The molecule has 0 aliphatic rings. The molecule has 1 aromatic carbocycles. The van der Waals surface area contributed by atoms with Crippen molar-refractivity contribution in [2.75, 3.05) is 19.7 Å². The predicted molar refractivity (Wildman–Crippen MR) is 69.3 cm³/mol. The molecule has 0 atom stereocenters. The van der Waals surface area contributed by atoms with Crippen molar-refractivity contribution in [2.24, 2.45) is 0 Å². The van der Waals surface area contributed by atoms with E-state index in [0.717, 1.165) is 12.0 Å². The third-order valence-corrected chi connectivity index (χ3v) is 2.53. The molecule has 0 spiro atoms. The minimum atomic E-state index is -0.182. The van der Waals surface area contributed by atoms with Crippen LogP contribution in [0.25, 0.3) is 0 Å². The molecule has 0 fully saturated rings. The first-order valence-corrected chi connectivity index (χ1v) is 6.09. The number of carbonyl (C=O) groups is 1. The topological polar surface area (TPSA) is 72.8 Å². The summed E-state index contributed by atoms with van der Waals surface area (Å²) in [6.07, 6.45) is 0.854. The van der Waals surface area contributed by atoms with Crippen LogP contribution in [-0.4, -0.2) is 40.8 Å². The fourth-order valence-corrected chi connectivity index (χ4v) is 1.61. The zero-order chi connectivity index (χ0) is 13.4. The van der Waals surface area contributed by atoms with Gasteiger partial charge in [-0.3, -0.25) is 0 Å². The number of urea groups is 1. The molecule has 0 unspecified atom stereocenters. The van der Waals surface area contributed by atoms with E-state index in [2.05, 4.69) is 5.32 Å². The first-order valence-electron chi connectivity index (χ1n) is 6.09. The van der Waals surface area contributed by atoms with E-state index in [-0.39, 0.29) is 18.4 Å². The lowest BCUT2D eigenvalue weighted by atomic mass is 10.2. The molecule has 0 aliphatic heterocycles. The third-order valence-electron chi connectivity index (χ3n) is 2.53. The van der Waals surface area contributed by atoms with E-state index in [1.54, 1.807) is 29.2 Å². The lowest BCUT2D eigenvalue weighted by molar-refractivity contribution is 0.177. The van der Waals surface area contributed by atoms with Crippen LogP contribution in [0.3, 0.4) is 0 Å². The van der Waals surface area contributed by atoms with Gasteiger partial charge in [-0.1, -0.05) is 19.1 Å². The third kappa shape index (κ3) is 4.63. The maximum atomic E-state index is 11.8. The van der Waals surface area contributed by atoms with Crippen molar-refractivity contribution < 1.29 is 15.0 Å². The Bertz CT molecular complexity index is 359. The molecular weight excluding hydrogens is 232 g/mol. The largest absolute Gasteiger partial charge is 0.508 e. The van der Waals surface area contributed by atoms with Crippen LogP contribution in [0, 0.1) is 0 Å². The summed E-state index contributed by atoms with van der Waals surface area (Å²) >= 11 is 0. The minimum absolute atomic E-state index is 0.0351. The fourth-order valence-electron chi connectivity index (χ4n) is 1.61. The number of carbonyl (C=O) groups excluding carboxylic acids is 1. The SMILES string of the molecule is CCCN(CCO)C(=O)NCc1ccc(O)cc1. The number of aliphatic hydroxyl groups excluding tert-OH is 1. The van der Waals surface area contributed by atoms with Gasteiger partial charge in [0.25, 0.3) is 0 Å². The van der Waals surface area contributed by atoms with Crippen LogP contribution in [0.5, 0.6) is 5.75 Å². The average Bonchev–Trinajstić information content (AvgIpc) is 2.37. The highest BCUT2D eigenvalue weighted by atomic mass is 16.3. The van der Waals surface area contributed by atoms with Gasteiger partial charge in [-0.2, -0.15) is 0 Å². The fraction of sp³-hybridized carbons (Fsp3) is 0.462. The number of phenolic OH excluding ortho intramolecular Hbond substituents is 1.